The Morgan fingerprint density at radius 1 is 1.29 bits per heavy atom. The van der Waals surface area contributed by atoms with Crippen LogP contribution in [0.15, 0.2) is 34.8 Å². The summed E-state index contributed by atoms with van der Waals surface area (Å²) in [6.07, 6.45) is 0.940. The van der Waals surface area contributed by atoms with Crippen molar-refractivity contribution in [1.29, 1.82) is 0 Å². The van der Waals surface area contributed by atoms with E-state index in [1.807, 2.05) is 0 Å². The molecule has 0 bridgehead atoms. The van der Waals surface area contributed by atoms with E-state index in [9.17, 15) is 4.39 Å². The minimum absolute atomic E-state index is 0.288. The van der Waals surface area contributed by atoms with Crippen molar-refractivity contribution in [3.05, 3.63) is 51.9 Å². The Balaban J connectivity index is 2.39. The molecule has 1 N–H and O–H groups in total. The number of rotatable bonds is 6. The second-order valence-electron chi connectivity index (χ2n) is 4.53. The largest absolute Gasteiger partial charge is 0.480 e. The fourth-order valence-corrected chi connectivity index (χ4v) is 2.38. The van der Waals surface area contributed by atoms with E-state index in [0.717, 1.165) is 13.0 Å². The molecule has 2 rings (SSSR count). The number of hydrogen-bond acceptors (Lipinski definition) is 4. The number of halogens is 2. The first kappa shape index (κ1) is 15.9. The second-order valence-corrected chi connectivity index (χ2v) is 5.39. The van der Waals surface area contributed by atoms with Gasteiger partial charge in [0, 0.05) is 11.6 Å². The number of methoxy groups -OCH3 is 1. The Labute approximate surface area is 131 Å². The molecule has 0 radical (unpaired) electrons. The Morgan fingerprint density at radius 3 is 2.71 bits per heavy atom. The summed E-state index contributed by atoms with van der Waals surface area (Å²) in [5.74, 6) is 0.145. The van der Waals surface area contributed by atoms with E-state index < -0.39 is 0 Å². The summed E-state index contributed by atoms with van der Waals surface area (Å²) < 4.78 is 19.8. The van der Waals surface area contributed by atoms with Crippen molar-refractivity contribution < 1.29 is 9.13 Å². The average molecular weight is 354 g/mol. The van der Waals surface area contributed by atoms with E-state index in [1.54, 1.807) is 30.3 Å². The van der Waals surface area contributed by atoms with Gasteiger partial charge in [-0.2, -0.15) is 0 Å². The number of ether oxygens (including phenoxy) is 1. The number of nitrogens with zero attached hydrogens (tertiary/aromatic N) is 2. The summed E-state index contributed by atoms with van der Waals surface area (Å²) in [5.41, 5.74) is 1.19. The molecule has 0 fully saturated rings. The lowest BCUT2D eigenvalue weighted by Crippen LogP contribution is -2.25. The maximum absolute atomic E-state index is 14.4. The van der Waals surface area contributed by atoms with Gasteiger partial charge >= 0.3 is 0 Å². The highest BCUT2D eigenvalue weighted by Crippen LogP contribution is 2.27. The SMILES string of the molecule is CCCNC(c1ccc(OC)nn1)c1cccc(Br)c1F. The van der Waals surface area contributed by atoms with E-state index in [4.69, 9.17) is 4.74 Å². The molecular weight excluding hydrogens is 337 g/mol. The third-order valence-electron chi connectivity index (χ3n) is 3.06. The van der Waals surface area contributed by atoms with Crippen molar-refractivity contribution in [2.75, 3.05) is 13.7 Å². The molecule has 0 spiro atoms. The summed E-state index contributed by atoms with van der Waals surface area (Å²) in [6.45, 7) is 2.81. The lowest BCUT2D eigenvalue weighted by molar-refractivity contribution is 0.390. The maximum Gasteiger partial charge on any atom is 0.233 e. The van der Waals surface area contributed by atoms with E-state index in [2.05, 4.69) is 38.4 Å². The highest BCUT2D eigenvalue weighted by atomic mass is 79.9. The molecule has 0 amide bonds. The molecule has 21 heavy (non-hydrogen) atoms. The van der Waals surface area contributed by atoms with E-state index in [0.29, 0.717) is 21.6 Å². The highest BCUT2D eigenvalue weighted by molar-refractivity contribution is 9.10. The zero-order chi connectivity index (χ0) is 15.2. The Kier molecular flexibility index (Phi) is 5.64. The van der Waals surface area contributed by atoms with Crippen molar-refractivity contribution in [2.45, 2.75) is 19.4 Å². The minimum Gasteiger partial charge on any atom is -0.480 e. The van der Waals surface area contributed by atoms with Gasteiger partial charge in [-0.05, 0) is 41.0 Å². The van der Waals surface area contributed by atoms with E-state index in [-0.39, 0.29) is 11.9 Å². The van der Waals surface area contributed by atoms with Gasteiger partial charge in [0.15, 0.2) is 0 Å². The van der Waals surface area contributed by atoms with Gasteiger partial charge in [0.1, 0.15) is 5.82 Å². The Morgan fingerprint density at radius 2 is 2.10 bits per heavy atom. The summed E-state index contributed by atoms with van der Waals surface area (Å²) in [7, 11) is 1.53. The number of hydrogen-bond donors (Lipinski definition) is 1. The molecule has 0 aliphatic carbocycles. The molecule has 112 valence electrons. The van der Waals surface area contributed by atoms with Gasteiger partial charge in [-0.3, -0.25) is 0 Å². The van der Waals surface area contributed by atoms with Crippen LogP contribution in [0.3, 0.4) is 0 Å². The Bertz CT molecular complexity index is 592. The van der Waals surface area contributed by atoms with Gasteiger partial charge in [-0.25, -0.2) is 4.39 Å². The summed E-state index contributed by atoms with van der Waals surface area (Å²) in [5, 5.41) is 11.4. The standard InChI is InChI=1S/C15H17BrFN3O/c1-3-9-18-15(10-5-4-6-11(16)14(10)17)12-7-8-13(21-2)20-19-12/h4-8,15,18H,3,9H2,1-2H3. The quantitative estimate of drug-likeness (QED) is 0.863. The third kappa shape index (κ3) is 3.77. The molecule has 1 unspecified atom stereocenters. The van der Waals surface area contributed by atoms with Crippen molar-refractivity contribution in [3.63, 3.8) is 0 Å². The third-order valence-corrected chi connectivity index (χ3v) is 3.67. The second kappa shape index (κ2) is 7.47. The smallest absolute Gasteiger partial charge is 0.233 e. The molecule has 6 heteroatoms. The van der Waals surface area contributed by atoms with Crippen molar-refractivity contribution in [2.24, 2.45) is 0 Å². The number of aromatic nitrogens is 2. The van der Waals surface area contributed by atoms with Crippen LogP contribution in [0.1, 0.15) is 30.6 Å². The molecule has 0 aliphatic heterocycles. The topological polar surface area (TPSA) is 47.0 Å². The monoisotopic (exact) mass is 353 g/mol. The molecule has 1 heterocycles. The van der Waals surface area contributed by atoms with E-state index >= 15 is 0 Å². The summed E-state index contributed by atoms with van der Waals surface area (Å²) in [4.78, 5) is 0. The molecule has 0 aliphatic rings. The van der Waals surface area contributed by atoms with Gasteiger partial charge in [-0.15, -0.1) is 10.2 Å². The molecule has 0 saturated carbocycles. The maximum atomic E-state index is 14.4. The van der Waals surface area contributed by atoms with Crippen LogP contribution in [-0.2, 0) is 0 Å². The average Bonchev–Trinajstić information content (AvgIpc) is 2.52. The van der Waals surface area contributed by atoms with Crippen molar-refractivity contribution in [3.8, 4) is 5.88 Å². The van der Waals surface area contributed by atoms with Gasteiger partial charge in [0.05, 0.1) is 23.3 Å². The van der Waals surface area contributed by atoms with Gasteiger partial charge < -0.3 is 10.1 Å². The van der Waals surface area contributed by atoms with Gasteiger partial charge in [0.2, 0.25) is 5.88 Å². The van der Waals surface area contributed by atoms with Crippen LogP contribution >= 0.6 is 15.9 Å². The fourth-order valence-electron chi connectivity index (χ4n) is 2.00. The molecule has 0 saturated heterocycles. The van der Waals surface area contributed by atoms with Crippen LogP contribution < -0.4 is 10.1 Å². The first-order valence-corrected chi connectivity index (χ1v) is 7.51. The normalized spacial score (nSPS) is 12.2. The van der Waals surface area contributed by atoms with Crippen molar-refractivity contribution >= 4 is 15.9 Å². The van der Waals surface area contributed by atoms with Crippen LogP contribution in [0.5, 0.6) is 5.88 Å². The summed E-state index contributed by atoms with van der Waals surface area (Å²) in [6, 6.07) is 8.40. The molecule has 1 aromatic heterocycles. The predicted molar refractivity (Wildman–Crippen MR) is 82.8 cm³/mol. The Hall–Kier alpha value is -1.53. The van der Waals surface area contributed by atoms with Crippen LogP contribution in [0, 0.1) is 5.82 Å². The lowest BCUT2D eigenvalue weighted by atomic mass is 10.0. The van der Waals surface area contributed by atoms with Crippen LogP contribution in [0.4, 0.5) is 4.39 Å². The molecule has 2 aromatic rings. The lowest BCUT2D eigenvalue weighted by Gasteiger charge is -2.19. The van der Waals surface area contributed by atoms with Crippen molar-refractivity contribution in [1.82, 2.24) is 15.5 Å². The fraction of sp³-hybridized carbons (Fsp3) is 0.333. The first-order valence-electron chi connectivity index (χ1n) is 6.72. The van der Waals surface area contributed by atoms with E-state index in [1.165, 1.54) is 7.11 Å². The zero-order valence-electron chi connectivity index (χ0n) is 11.9. The molecule has 1 aromatic carbocycles. The molecular formula is C15H17BrFN3O. The molecule has 4 nitrogen and oxygen atoms in total. The van der Waals surface area contributed by atoms with Crippen LogP contribution in [0.2, 0.25) is 0 Å². The summed E-state index contributed by atoms with van der Waals surface area (Å²) >= 11 is 3.22. The number of nitrogens with one attached hydrogen (secondary N) is 1. The number of benzene rings is 1. The van der Waals surface area contributed by atoms with Crippen LogP contribution in [0.25, 0.3) is 0 Å². The molecule has 1 atom stereocenters. The predicted octanol–water partition coefficient (Wildman–Crippen LogP) is 3.48. The van der Waals surface area contributed by atoms with Crippen LogP contribution in [-0.4, -0.2) is 23.9 Å². The zero-order valence-corrected chi connectivity index (χ0v) is 13.5. The highest BCUT2D eigenvalue weighted by Gasteiger charge is 2.20. The minimum atomic E-state index is -0.346. The van der Waals surface area contributed by atoms with Gasteiger partial charge in [-0.1, -0.05) is 19.1 Å². The first-order chi connectivity index (χ1) is 10.2. The van der Waals surface area contributed by atoms with Gasteiger partial charge in [0.25, 0.3) is 0 Å².